The van der Waals surface area contributed by atoms with Gasteiger partial charge < -0.3 is 9.84 Å². The molecule has 0 unspecified atom stereocenters. The van der Waals surface area contributed by atoms with Gasteiger partial charge in [-0.05, 0) is 36.2 Å². The van der Waals surface area contributed by atoms with Crippen molar-refractivity contribution in [3.63, 3.8) is 0 Å². The summed E-state index contributed by atoms with van der Waals surface area (Å²) >= 11 is 0. The average molecular weight is 372 g/mol. The molecule has 28 heavy (non-hydrogen) atoms. The molecule has 0 saturated carbocycles. The van der Waals surface area contributed by atoms with Gasteiger partial charge in [-0.15, -0.1) is 5.10 Å². The van der Waals surface area contributed by atoms with Gasteiger partial charge in [0.1, 0.15) is 23.8 Å². The molecule has 4 aromatic rings. The second-order valence-electron chi connectivity index (χ2n) is 6.50. The highest BCUT2D eigenvalue weighted by Crippen LogP contribution is 2.32. The van der Waals surface area contributed by atoms with E-state index >= 15 is 0 Å². The van der Waals surface area contributed by atoms with Crippen LogP contribution in [0.25, 0.3) is 22.9 Å². The molecule has 1 N–H and O–H groups in total. The van der Waals surface area contributed by atoms with Crippen LogP contribution in [0.2, 0.25) is 0 Å². The second-order valence-corrected chi connectivity index (χ2v) is 6.50. The quantitative estimate of drug-likeness (QED) is 0.570. The van der Waals surface area contributed by atoms with Crippen LogP contribution in [0.15, 0.2) is 66.9 Å². The highest BCUT2D eigenvalue weighted by atomic mass is 16.5. The van der Waals surface area contributed by atoms with Crippen molar-refractivity contribution in [2.24, 2.45) is 7.05 Å². The van der Waals surface area contributed by atoms with Crippen molar-refractivity contribution in [3.05, 3.63) is 78.0 Å². The lowest BCUT2D eigenvalue weighted by Gasteiger charge is -2.09. The number of aromatic hydroxyl groups is 1. The van der Waals surface area contributed by atoms with Crippen LogP contribution in [0.4, 0.5) is 0 Å². The van der Waals surface area contributed by atoms with E-state index in [2.05, 4.69) is 15.1 Å². The molecule has 0 saturated heterocycles. The van der Waals surface area contributed by atoms with Crippen molar-refractivity contribution in [1.29, 1.82) is 0 Å². The minimum Gasteiger partial charge on any atom is -0.507 e. The summed E-state index contributed by atoms with van der Waals surface area (Å²) < 4.78 is 7.41. The summed E-state index contributed by atoms with van der Waals surface area (Å²) in [4.78, 5) is 8.95. The fourth-order valence-electron chi connectivity index (χ4n) is 2.97. The van der Waals surface area contributed by atoms with E-state index in [9.17, 15) is 5.11 Å². The molecule has 0 spiro atoms. The van der Waals surface area contributed by atoms with Crippen LogP contribution in [0.1, 0.15) is 11.1 Å². The minimum atomic E-state index is 0.0883. The summed E-state index contributed by atoms with van der Waals surface area (Å²) in [7, 11) is 1.80. The van der Waals surface area contributed by atoms with Crippen molar-refractivity contribution in [2.45, 2.75) is 13.5 Å². The molecule has 0 radical (unpaired) electrons. The fourth-order valence-corrected chi connectivity index (χ4v) is 2.97. The maximum absolute atomic E-state index is 10.5. The van der Waals surface area contributed by atoms with Gasteiger partial charge in [-0.3, -0.25) is 4.98 Å². The zero-order valence-corrected chi connectivity index (χ0v) is 15.7. The van der Waals surface area contributed by atoms with Gasteiger partial charge in [-0.2, -0.15) is 0 Å². The first kappa shape index (κ1) is 17.7. The number of benzene rings is 2. The molecular formula is C22H20N4O2. The van der Waals surface area contributed by atoms with E-state index in [1.807, 2.05) is 55.5 Å². The van der Waals surface area contributed by atoms with Crippen LogP contribution in [0.5, 0.6) is 11.5 Å². The zero-order valence-electron chi connectivity index (χ0n) is 15.7. The van der Waals surface area contributed by atoms with E-state index < -0.39 is 0 Å². The summed E-state index contributed by atoms with van der Waals surface area (Å²) in [6.07, 6.45) is 1.72. The van der Waals surface area contributed by atoms with E-state index in [4.69, 9.17) is 4.74 Å². The summed E-state index contributed by atoms with van der Waals surface area (Å²) in [6.45, 7) is 2.40. The van der Waals surface area contributed by atoms with Gasteiger partial charge in [-0.1, -0.05) is 36.4 Å². The Morgan fingerprint density at radius 2 is 1.86 bits per heavy atom. The van der Waals surface area contributed by atoms with Gasteiger partial charge >= 0.3 is 0 Å². The molecule has 0 aliphatic rings. The van der Waals surface area contributed by atoms with Crippen molar-refractivity contribution in [2.75, 3.05) is 0 Å². The van der Waals surface area contributed by atoms with Crippen molar-refractivity contribution in [3.8, 4) is 34.4 Å². The first-order valence-electron chi connectivity index (χ1n) is 8.95. The Labute approximate surface area is 163 Å². The van der Waals surface area contributed by atoms with E-state index in [1.165, 1.54) is 0 Å². The third kappa shape index (κ3) is 3.57. The number of aryl methyl sites for hydroxylation is 2. The van der Waals surface area contributed by atoms with E-state index in [0.717, 1.165) is 16.8 Å². The molecule has 2 aromatic heterocycles. The Hall–Kier alpha value is -3.67. The summed E-state index contributed by atoms with van der Waals surface area (Å²) in [6, 6.07) is 18.9. The number of phenols is 1. The van der Waals surface area contributed by atoms with Crippen LogP contribution in [0.3, 0.4) is 0 Å². The molecular weight excluding hydrogens is 352 g/mol. The number of rotatable bonds is 5. The van der Waals surface area contributed by atoms with Gasteiger partial charge in [0.2, 0.25) is 5.82 Å². The highest BCUT2D eigenvalue weighted by Gasteiger charge is 2.16. The monoisotopic (exact) mass is 372 g/mol. The highest BCUT2D eigenvalue weighted by molar-refractivity contribution is 5.67. The summed E-state index contributed by atoms with van der Waals surface area (Å²) in [5, 5.41) is 15.0. The van der Waals surface area contributed by atoms with Crippen LogP contribution in [-0.2, 0) is 13.7 Å². The minimum absolute atomic E-state index is 0.0883. The number of hydrogen-bond acceptors (Lipinski definition) is 5. The number of pyridine rings is 1. The van der Waals surface area contributed by atoms with Gasteiger partial charge in [0.15, 0.2) is 5.82 Å². The lowest BCUT2D eigenvalue weighted by atomic mass is 10.1. The number of phenolic OH excluding ortho intramolecular Hbond substituents is 1. The Kier molecular flexibility index (Phi) is 4.76. The zero-order chi connectivity index (χ0) is 19.5. The molecule has 0 aliphatic carbocycles. The van der Waals surface area contributed by atoms with E-state index in [0.29, 0.717) is 29.6 Å². The van der Waals surface area contributed by atoms with Crippen molar-refractivity contribution in [1.82, 2.24) is 19.7 Å². The second kappa shape index (κ2) is 7.52. The van der Waals surface area contributed by atoms with Gasteiger partial charge in [-0.25, -0.2) is 9.67 Å². The van der Waals surface area contributed by atoms with Crippen molar-refractivity contribution >= 4 is 0 Å². The third-order valence-corrected chi connectivity index (χ3v) is 4.44. The molecule has 6 heteroatoms. The van der Waals surface area contributed by atoms with Gasteiger partial charge in [0.25, 0.3) is 0 Å². The number of hydrogen-bond donors (Lipinski definition) is 1. The number of aromatic nitrogens is 4. The van der Waals surface area contributed by atoms with E-state index in [1.54, 1.807) is 30.1 Å². The molecule has 2 aromatic carbocycles. The molecule has 0 aliphatic heterocycles. The lowest BCUT2D eigenvalue weighted by Crippen LogP contribution is -1.97. The first-order valence-corrected chi connectivity index (χ1v) is 8.95. The Morgan fingerprint density at radius 1 is 1.04 bits per heavy atom. The molecule has 0 fully saturated rings. The number of ether oxygens (including phenoxy) is 1. The molecule has 6 nitrogen and oxygen atoms in total. The van der Waals surface area contributed by atoms with Gasteiger partial charge in [0.05, 0.1) is 5.56 Å². The fraction of sp³-hybridized carbons (Fsp3) is 0.136. The largest absolute Gasteiger partial charge is 0.507 e. The third-order valence-electron chi connectivity index (χ3n) is 4.44. The topological polar surface area (TPSA) is 73.1 Å². The Morgan fingerprint density at radius 3 is 2.61 bits per heavy atom. The summed E-state index contributed by atoms with van der Waals surface area (Å²) in [5.41, 5.74) is 3.37. The average Bonchev–Trinajstić information content (AvgIpc) is 3.09. The molecule has 2 heterocycles. The smallest absolute Gasteiger partial charge is 0.200 e. The lowest BCUT2D eigenvalue weighted by molar-refractivity contribution is 0.304. The van der Waals surface area contributed by atoms with E-state index in [-0.39, 0.29) is 5.75 Å². The standard InChI is InChI=1S/C22H20N4O2/c1-15-7-6-12-23-20(15)21-24-22(26(2)25-21)18-11-10-17(13-19(18)27)28-14-16-8-4-3-5-9-16/h3-13,27H,14H2,1-2H3. The Bertz CT molecular complexity index is 1110. The molecule has 0 atom stereocenters. The first-order chi connectivity index (χ1) is 13.6. The molecule has 4 rings (SSSR count). The number of nitrogens with zero attached hydrogens (tertiary/aromatic N) is 4. The van der Waals surface area contributed by atoms with Crippen LogP contribution in [0, 0.1) is 6.92 Å². The van der Waals surface area contributed by atoms with Crippen LogP contribution >= 0.6 is 0 Å². The molecule has 0 amide bonds. The predicted molar refractivity (Wildman–Crippen MR) is 107 cm³/mol. The van der Waals surface area contributed by atoms with Crippen LogP contribution in [-0.4, -0.2) is 24.9 Å². The van der Waals surface area contributed by atoms with Crippen molar-refractivity contribution < 1.29 is 9.84 Å². The normalized spacial score (nSPS) is 10.8. The maximum atomic E-state index is 10.5. The SMILES string of the molecule is Cc1cccnc1-c1nc(-c2ccc(OCc3ccccc3)cc2O)n(C)n1. The Balaban J connectivity index is 1.59. The predicted octanol–water partition coefficient (Wildman–Crippen LogP) is 4.14. The molecule has 140 valence electrons. The van der Waals surface area contributed by atoms with Gasteiger partial charge in [0, 0.05) is 19.3 Å². The van der Waals surface area contributed by atoms with Crippen LogP contribution < -0.4 is 4.74 Å². The summed E-state index contributed by atoms with van der Waals surface area (Å²) in [5.74, 6) is 1.77. The maximum Gasteiger partial charge on any atom is 0.200 e. The molecule has 0 bridgehead atoms.